The van der Waals surface area contributed by atoms with E-state index in [1.165, 1.54) is 39.0 Å². The smallest absolute Gasteiger partial charge is 0.156 e. The minimum absolute atomic E-state index is 0. The Labute approximate surface area is 227 Å². The van der Waals surface area contributed by atoms with Crippen molar-refractivity contribution in [2.24, 2.45) is 0 Å². The van der Waals surface area contributed by atoms with Crippen molar-refractivity contribution in [2.75, 3.05) is 0 Å². The summed E-state index contributed by atoms with van der Waals surface area (Å²) in [5, 5.41) is 28.0. The summed E-state index contributed by atoms with van der Waals surface area (Å²) in [5.74, 6) is -0.418. The molecule has 0 amide bonds. The van der Waals surface area contributed by atoms with Crippen LogP contribution in [0.2, 0.25) is 0 Å². The molecule has 6 nitrogen and oxygen atoms in total. The van der Waals surface area contributed by atoms with Crippen molar-refractivity contribution in [1.29, 1.82) is 0 Å². The minimum atomic E-state index is -0.156. The molecule has 0 saturated heterocycles. The van der Waals surface area contributed by atoms with Crippen LogP contribution in [0.4, 0.5) is 0 Å². The van der Waals surface area contributed by atoms with Gasteiger partial charge in [-0.3, -0.25) is 14.4 Å². The summed E-state index contributed by atoms with van der Waals surface area (Å²) in [6, 6.07) is 26.9. The molecule has 0 heterocycles. The number of rotatable bonds is 6. The Morgan fingerprint density at radius 1 is 0.459 bits per heavy atom. The van der Waals surface area contributed by atoms with Gasteiger partial charge >= 0.3 is 0 Å². The van der Waals surface area contributed by atoms with Gasteiger partial charge in [0.15, 0.2) is 17.3 Å². The molecule has 3 N–H and O–H groups in total. The topological polar surface area (TPSA) is 112 Å². The summed E-state index contributed by atoms with van der Waals surface area (Å²) in [6.07, 6.45) is 3.61. The van der Waals surface area contributed by atoms with E-state index in [2.05, 4.69) is 0 Å². The molecule has 0 unspecified atom stereocenters. The predicted octanol–water partition coefficient (Wildman–Crippen LogP) is 6.52. The van der Waals surface area contributed by atoms with E-state index in [0.29, 0.717) is 16.7 Å². The van der Waals surface area contributed by atoms with Crippen molar-refractivity contribution >= 4 is 34.6 Å². The molecule has 3 aromatic rings. The number of hydrogen-bond acceptors (Lipinski definition) is 6. The zero-order valence-electron chi connectivity index (χ0n) is 20.8. The van der Waals surface area contributed by atoms with E-state index >= 15 is 0 Å². The van der Waals surface area contributed by atoms with Gasteiger partial charge in [0, 0.05) is 52.0 Å². The maximum atomic E-state index is 10.6. The van der Waals surface area contributed by atoms with Crippen molar-refractivity contribution in [1.82, 2.24) is 0 Å². The molecule has 37 heavy (non-hydrogen) atoms. The summed E-state index contributed by atoms with van der Waals surface area (Å²) in [5.41, 5.74) is 1.98. The van der Waals surface area contributed by atoms with Crippen LogP contribution in [-0.4, -0.2) is 32.7 Å². The van der Waals surface area contributed by atoms with Crippen LogP contribution in [0.5, 0.6) is 0 Å². The minimum Gasteiger partial charge on any atom is -0.507 e. The molecule has 3 rings (SSSR count). The second kappa shape index (κ2) is 18.1. The maximum Gasteiger partial charge on any atom is 0.156 e. The van der Waals surface area contributed by atoms with Gasteiger partial charge in [0.2, 0.25) is 0 Å². The summed E-state index contributed by atoms with van der Waals surface area (Å²) >= 11 is 0. The summed E-state index contributed by atoms with van der Waals surface area (Å²) in [7, 11) is 0. The molecular weight excluding hydrogens is 512 g/mol. The van der Waals surface area contributed by atoms with E-state index in [0.717, 1.165) is 0 Å². The Hall–Kier alpha value is -4.19. The Balaban J connectivity index is 0.000000518. The van der Waals surface area contributed by atoms with Gasteiger partial charge in [-0.05, 0) is 20.8 Å². The van der Waals surface area contributed by atoms with Crippen molar-refractivity contribution in [3.8, 4) is 0 Å². The molecule has 7 heteroatoms. The van der Waals surface area contributed by atoms with Gasteiger partial charge in [0.1, 0.15) is 17.3 Å². The second-order valence-electron chi connectivity index (χ2n) is 7.52. The van der Waals surface area contributed by atoms with E-state index in [4.69, 9.17) is 0 Å². The first-order chi connectivity index (χ1) is 17.1. The zero-order chi connectivity index (χ0) is 26.9. The molecule has 0 fully saturated rings. The molecular formula is C30H30FeO6. The van der Waals surface area contributed by atoms with Gasteiger partial charge in [0.25, 0.3) is 0 Å². The van der Waals surface area contributed by atoms with Crippen LogP contribution < -0.4 is 0 Å². The van der Waals surface area contributed by atoms with E-state index < -0.39 is 0 Å². The fourth-order valence-corrected chi connectivity index (χ4v) is 2.65. The molecule has 0 aliphatic heterocycles. The van der Waals surface area contributed by atoms with Gasteiger partial charge in [-0.25, -0.2) is 0 Å². The molecule has 0 aliphatic carbocycles. The summed E-state index contributed by atoms with van der Waals surface area (Å²) in [4.78, 5) is 31.8. The normalized spacial score (nSPS) is 10.9. The van der Waals surface area contributed by atoms with E-state index in [-0.39, 0.29) is 51.7 Å². The fourth-order valence-electron chi connectivity index (χ4n) is 2.65. The van der Waals surface area contributed by atoms with Crippen LogP contribution in [0.15, 0.2) is 109 Å². The van der Waals surface area contributed by atoms with Crippen LogP contribution in [0.1, 0.15) is 37.5 Å². The Bertz CT molecular complexity index is 1060. The standard InChI is InChI=1S/3C10H10O2.Fe/c3*1-8(11)7-10(12)9-5-3-2-4-6-9;/h3*2-7,12H,1H3;/b3*10-7-;. The number of aliphatic hydroxyl groups is 3. The Morgan fingerprint density at radius 2 is 0.649 bits per heavy atom. The number of benzene rings is 3. The third-order valence-electron chi connectivity index (χ3n) is 4.23. The van der Waals surface area contributed by atoms with E-state index in [1.54, 1.807) is 72.8 Å². The van der Waals surface area contributed by atoms with E-state index in [1.807, 2.05) is 18.2 Å². The third-order valence-corrected chi connectivity index (χ3v) is 4.23. The summed E-state index contributed by atoms with van der Waals surface area (Å²) in [6.45, 7) is 4.21. The number of ketones is 3. The van der Waals surface area contributed by atoms with Crippen molar-refractivity contribution < 1.29 is 46.8 Å². The number of aliphatic hydroxyl groups excluding tert-OH is 3. The van der Waals surface area contributed by atoms with Gasteiger partial charge < -0.3 is 15.3 Å². The predicted molar refractivity (Wildman–Crippen MR) is 143 cm³/mol. The van der Waals surface area contributed by atoms with E-state index in [9.17, 15) is 29.7 Å². The first-order valence-electron chi connectivity index (χ1n) is 11.0. The molecule has 0 saturated carbocycles. The largest absolute Gasteiger partial charge is 0.507 e. The molecule has 0 bridgehead atoms. The van der Waals surface area contributed by atoms with Crippen LogP contribution in [0.25, 0.3) is 17.3 Å². The molecule has 0 radical (unpaired) electrons. The average molecular weight is 542 g/mol. The van der Waals surface area contributed by atoms with Crippen molar-refractivity contribution in [2.45, 2.75) is 20.8 Å². The van der Waals surface area contributed by atoms with Crippen molar-refractivity contribution in [3.63, 3.8) is 0 Å². The molecule has 194 valence electrons. The molecule has 0 spiro atoms. The van der Waals surface area contributed by atoms with Gasteiger partial charge in [-0.1, -0.05) is 91.0 Å². The fraction of sp³-hybridized carbons (Fsp3) is 0.100. The number of carbonyl (C=O) groups excluding carboxylic acids is 3. The number of allylic oxidation sites excluding steroid dienone is 3. The third kappa shape index (κ3) is 14.7. The Morgan fingerprint density at radius 3 is 0.811 bits per heavy atom. The molecule has 3 aromatic carbocycles. The number of carbonyl (C=O) groups is 3. The zero-order valence-corrected chi connectivity index (χ0v) is 21.9. The monoisotopic (exact) mass is 542 g/mol. The van der Waals surface area contributed by atoms with Crippen LogP contribution in [0, 0.1) is 0 Å². The van der Waals surface area contributed by atoms with Gasteiger partial charge in [-0.2, -0.15) is 0 Å². The second-order valence-corrected chi connectivity index (χ2v) is 7.52. The van der Waals surface area contributed by atoms with Crippen LogP contribution in [0.3, 0.4) is 0 Å². The quantitative estimate of drug-likeness (QED) is 0.186. The summed E-state index contributed by atoms with van der Waals surface area (Å²) < 4.78 is 0. The van der Waals surface area contributed by atoms with Gasteiger partial charge in [0.05, 0.1) is 0 Å². The Kier molecular flexibility index (Phi) is 16.1. The van der Waals surface area contributed by atoms with Crippen molar-refractivity contribution in [3.05, 3.63) is 126 Å². The maximum absolute atomic E-state index is 10.6. The first kappa shape index (κ1) is 32.8. The first-order valence-corrected chi connectivity index (χ1v) is 11.0. The SMILES string of the molecule is CC(=O)/C=C(\O)c1ccccc1.CC(=O)/C=C(\O)c1ccccc1.CC(=O)/C=C(\O)c1ccccc1.[Fe]. The molecule has 0 aromatic heterocycles. The van der Waals surface area contributed by atoms with Crippen LogP contribution >= 0.6 is 0 Å². The average Bonchev–Trinajstić information content (AvgIpc) is 2.85. The van der Waals surface area contributed by atoms with Crippen LogP contribution in [-0.2, 0) is 31.5 Å². The number of hydrogen-bond donors (Lipinski definition) is 3. The molecule has 0 aliphatic rings. The van der Waals surface area contributed by atoms with Gasteiger partial charge in [-0.15, -0.1) is 0 Å². The molecule has 0 atom stereocenters.